The Bertz CT molecular complexity index is 936. The molecule has 0 radical (unpaired) electrons. The first-order valence-electron chi connectivity index (χ1n) is 9.47. The molecule has 166 valence electrons. The molecule has 9 nitrogen and oxygen atoms in total. The Kier molecular flexibility index (Phi) is 9.29. The Morgan fingerprint density at radius 3 is 2.58 bits per heavy atom. The zero-order valence-electron chi connectivity index (χ0n) is 17.7. The summed E-state index contributed by atoms with van der Waals surface area (Å²) in [6.07, 6.45) is 0. The standard InChI is InChI=1S/C21H26N4O5S/c1-24(2)12-20(26)23-17-6-4-5-15(9-17)11-22-21(27)14-31-13-16-7-8-19(30-3)18(10-16)25(28)29/h4-10H,11-14H2,1-3H3,(H,22,27)(H,23,26). The number of likely N-dealkylation sites (N-methyl/N-ethyl adjacent to an activating group) is 1. The topological polar surface area (TPSA) is 114 Å². The van der Waals surface area contributed by atoms with Crippen LogP contribution in [0.25, 0.3) is 0 Å². The zero-order valence-corrected chi connectivity index (χ0v) is 18.5. The van der Waals surface area contributed by atoms with Gasteiger partial charge in [-0.25, -0.2) is 0 Å². The molecular weight excluding hydrogens is 420 g/mol. The van der Waals surface area contributed by atoms with Gasteiger partial charge in [0.25, 0.3) is 0 Å². The summed E-state index contributed by atoms with van der Waals surface area (Å²) in [5, 5.41) is 16.8. The molecule has 0 unspecified atom stereocenters. The van der Waals surface area contributed by atoms with E-state index >= 15 is 0 Å². The van der Waals surface area contributed by atoms with Crippen molar-refractivity contribution in [1.29, 1.82) is 0 Å². The van der Waals surface area contributed by atoms with Crippen LogP contribution in [0.15, 0.2) is 42.5 Å². The number of carbonyl (C=O) groups excluding carboxylic acids is 2. The van der Waals surface area contributed by atoms with E-state index in [0.717, 1.165) is 11.1 Å². The maximum absolute atomic E-state index is 12.1. The van der Waals surface area contributed by atoms with Gasteiger partial charge in [0.1, 0.15) is 0 Å². The van der Waals surface area contributed by atoms with Crippen LogP contribution < -0.4 is 15.4 Å². The average molecular weight is 447 g/mol. The molecule has 2 rings (SSSR count). The van der Waals surface area contributed by atoms with Crippen LogP contribution in [0.2, 0.25) is 0 Å². The third-order valence-corrected chi connectivity index (χ3v) is 5.11. The van der Waals surface area contributed by atoms with Gasteiger partial charge < -0.3 is 20.3 Å². The summed E-state index contributed by atoms with van der Waals surface area (Å²) in [5.74, 6) is 0.637. The summed E-state index contributed by atoms with van der Waals surface area (Å²) in [6, 6.07) is 12.1. The molecule has 0 spiro atoms. The number of hydrogen-bond acceptors (Lipinski definition) is 7. The number of nitrogens with one attached hydrogen (secondary N) is 2. The number of thioether (sulfide) groups is 1. The van der Waals surface area contributed by atoms with E-state index in [1.165, 1.54) is 24.9 Å². The van der Waals surface area contributed by atoms with Crippen LogP contribution in [0.1, 0.15) is 11.1 Å². The quantitative estimate of drug-likeness (QED) is 0.403. The fourth-order valence-electron chi connectivity index (χ4n) is 2.73. The Morgan fingerprint density at radius 1 is 1.13 bits per heavy atom. The van der Waals surface area contributed by atoms with Crippen molar-refractivity contribution in [3.63, 3.8) is 0 Å². The lowest BCUT2D eigenvalue weighted by atomic mass is 10.2. The fourth-order valence-corrected chi connectivity index (χ4v) is 3.53. The van der Waals surface area contributed by atoms with Gasteiger partial charge in [-0.15, -0.1) is 11.8 Å². The molecular formula is C21H26N4O5S. The molecule has 0 bridgehead atoms. The van der Waals surface area contributed by atoms with Crippen LogP contribution in [0.3, 0.4) is 0 Å². The summed E-state index contributed by atoms with van der Waals surface area (Å²) >= 11 is 1.36. The number of amides is 2. The zero-order chi connectivity index (χ0) is 22.8. The Balaban J connectivity index is 1.80. The van der Waals surface area contributed by atoms with Crippen molar-refractivity contribution in [2.24, 2.45) is 0 Å². The largest absolute Gasteiger partial charge is 0.490 e. The Hall–Kier alpha value is -3.11. The van der Waals surface area contributed by atoms with Gasteiger partial charge in [0.2, 0.25) is 11.8 Å². The predicted molar refractivity (Wildman–Crippen MR) is 121 cm³/mol. The molecule has 0 aliphatic rings. The number of carbonyl (C=O) groups is 2. The van der Waals surface area contributed by atoms with E-state index in [9.17, 15) is 19.7 Å². The predicted octanol–water partition coefficient (Wildman–Crippen LogP) is 2.65. The maximum atomic E-state index is 12.1. The van der Waals surface area contributed by atoms with Gasteiger partial charge in [0.05, 0.1) is 24.3 Å². The van der Waals surface area contributed by atoms with Gasteiger partial charge in [-0.05, 0) is 43.4 Å². The van der Waals surface area contributed by atoms with Crippen LogP contribution >= 0.6 is 11.8 Å². The highest BCUT2D eigenvalue weighted by molar-refractivity contribution is 7.99. The molecule has 10 heteroatoms. The first kappa shape index (κ1) is 24.2. The van der Waals surface area contributed by atoms with Gasteiger partial charge in [-0.3, -0.25) is 19.7 Å². The number of nitrogens with zero attached hydrogens (tertiary/aromatic N) is 2. The van der Waals surface area contributed by atoms with E-state index in [4.69, 9.17) is 4.74 Å². The SMILES string of the molecule is COc1ccc(CSCC(=O)NCc2cccc(NC(=O)CN(C)C)c2)cc1[N+](=O)[O-]. The lowest BCUT2D eigenvalue weighted by Gasteiger charge is -2.11. The number of hydrogen-bond donors (Lipinski definition) is 2. The number of nitro groups is 1. The minimum absolute atomic E-state index is 0.0948. The minimum atomic E-state index is -0.489. The second kappa shape index (κ2) is 11.9. The maximum Gasteiger partial charge on any atom is 0.311 e. The highest BCUT2D eigenvalue weighted by Gasteiger charge is 2.15. The number of ether oxygens (including phenoxy) is 1. The minimum Gasteiger partial charge on any atom is -0.490 e. The van der Waals surface area contributed by atoms with E-state index in [0.29, 0.717) is 18.0 Å². The van der Waals surface area contributed by atoms with Crippen molar-refractivity contribution in [2.45, 2.75) is 12.3 Å². The average Bonchev–Trinajstić information content (AvgIpc) is 2.71. The molecule has 0 aliphatic carbocycles. The third kappa shape index (κ3) is 8.27. The lowest BCUT2D eigenvalue weighted by molar-refractivity contribution is -0.385. The molecule has 2 N–H and O–H groups in total. The molecule has 0 fully saturated rings. The van der Waals surface area contributed by atoms with Crippen LogP contribution in [-0.2, 0) is 21.9 Å². The van der Waals surface area contributed by atoms with Gasteiger partial charge >= 0.3 is 5.69 Å². The highest BCUT2D eigenvalue weighted by atomic mass is 32.2. The molecule has 0 aliphatic heterocycles. The van der Waals surface area contributed by atoms with Gasteiger partial charge in [0, 0.05) is 24.1 Å². The first-order chi connectivity index (χ1) is 14.8. The normalized spacial score (nSPS) is 10.6. The van der Waals surface area contributed by atoms with Crippen molar-refractivity contribution in [2.75, 3.05) is 38.8 Å². The van der Waals surface area contributed by atoms with E-state index < -0.39 is 4.92 Å². The molecule has 0 saturated heterocycles. The third-order valence-electron chi connectivity index (χ3n) is 4.10. The van der Waals surface area contributed by atoms with Gasteiger partial charge in [0.15, 0.2) is 5.75 Å². The summed E-state index contributed by atoms with van der Waals surface area (Å²) in [5.41, 5.74) is 2.19. The van der Waals surface area contributed by atoms with Gasteiger partial charge in [-0.2, -0.15) is 0 Å². The van der Waals surface area contributed by atoms with Crippen LogP contribution in [-0.4, -0.2) is 55.1 Å². The highest BCUT2D eigenvalue weighted by Crippen LogP contribution is 2.28. The van der Waals surface area contributed by atoms with Crippen molar-refractivity contribution >= 4 is 35.0 Å². The lowest BCUT2D eigenvalue weighted by Crippen LogP contribution is -2.27. The van der Waals surface area contributed by atoms with Crippen molar-refractivity contribution in [3.8, 4) is 5.75 Å². The van der Waals surface area contributed by atoms with Crippen LogP contribution in [0.5, 0.6) is 5.75 Å². The molecule has 0 atom stereocenters. The van der Waals surface area contributed by atoms with E-state index in [-0.39, 0.29) is 35.5 Å². The fraction of sp³-hybridized carbons (Fsp3) is 0.333. The van der Waals surface area contributed by atoms with Crippen LogP contribution in [0, 0.1) is 10.1 Å². The first-order valence-corrected chi connectivity index (χ1v) is 10.6. The van der Waals surface area contributed by atoms with Crippen LogP contribution in [0.4, 0.5) is 11.4 Å². The number of benzene rings is 2. The number of anilines is 1. The molecule has 2 aromatic carbocycles. The molecule has 2 aromatic rings. The van der Waals surface area contributed by atoms with Crippen molar-refractivity contribution in [3.05, 3.63) is 63.7 Å². The second-order valence-electron chi connectivity index (χ2n) is 7.02. The summed E-state index contributed by atoms with van der Waals surface area (Å²) in [6.45, 7) is 0.625. The second-order valence-corrected chi connectivity index (χ2v) is 8.00. The summed E-state index contributed by atoms with van der Waals surface area (Å²) < 4.78 is 4.99. The number of methoxy groups -OCH3 is 1. The van der Waals surface area contributed by atoms with E-state index in [1.54, 1.807) is 23.1 Å². The summed E-state index contributed by atoms with van der Waals surface area (Å²) in [4.78, 5) is 36.4. The van der Waals surface area contributed by atoms with E-state index in [2.05, 4.69) is 10.6 Å². The molecule has 0 saturated carbocycles. The van der Waals surface area contributed by atoms with E-state index in [1.807, 2.05) is 32.3 Å². The summed E-state index contributed by atoms with van der Waals surface area (Å²) in [7, 11) is 5.02. The smallest absolute Gasteiger partial charge is 0.311 e. The number of rotatable bonds is 11. The monoisotopic (exact) mass is 446 g/mol. The Morgan fingerprint density at radius 2 is 1.90 bits per heavy atom. The molecule has 31 heavy (non-hydrogen) atoms. The van der Waals surface area contributed by atoms with Crippen molar-refractivity contribution in [1.82, 2.24) is 10.2 Å². The van der Waals surface area contributed by atoms with Gasteiger partial charge in [-0.1, -0.05) is 18.2 Å². The van der Waals surface area contributed by atoms with Crippen molar-refractivity contribution < 1.29 is 19.2 Å². The number of nitro benzene ring substituents is 1. The molecule has 0 heterocycles. The molecule has 2 amide bonds. The molecule has 0 aromatic heterocycles. The Labute approximate surface area is 185 Å².